The molecule has 0 saturated heterocycles. The van der Waals surface area contributed by atoms with Gasteiger partial charge in [-0.3, -0.25) is 0 Å². The molecule has 100 valence electrons. The van der Waals surface area contributed by atoms with Crippen molar-refractivity contribution in [2.24, 2.45) is 5.92 Å². The normalized spacial score (nSPS) is 21.6. The second-order valence-electron chi connectivity index (χ2n) is 4.61. The van der Waals surface area contributed by atoms with Gasteiger partial charge >= 0.3 is 0 Å². The second-order valence-corrected chi connectivity index (χ2v) is 4.61. The van der Waals surface area contributed by atoms with Crippen LogP contribution in [0.15, 0.2) is 12.1 Å². The SMILES string of the molecule is CNC[C@H]1C[C@H]1c1c(OC)cc(OC)cc1OC. The van der Waals surface area contributed by atoms with Gasteiger partial charge in [0.05, 0.1) is 21.3 Å². The van der Waals surface area contributed by atoms with E-state index in [-0.39, 0.29) is 0 Å². The van der Waals surface area contributed by atoms with Gasteiger partial charge < -0.3 is 19.5 Å². The van der Waals surface area contributed by atoms with Gasteiger partial charge in [0, 0.05) is 17.7 Å². The number of methoxy groups -OCH3 is 3. The zero-order valence-electron chi connectivity index (χ0n) is 11.4. The van der Waals surface area contributed by atoms with Crippen LogP contribution in [0.1, 0.15) is 17.9 Å². The van der Waals surface area contributed by atoms with Crippen molar-refractivity contribution in [3.63, 3.8) is 0 Å². The van der Waals surface area contributed by atoms with Gasteiger partial charge in [-0.1, -0.05) is 0 Å². The highest BCUT2D eigenvalue weighted by atomic mass is 16.5. The molecule has 0 aliphatic heterocycles. The number of nitrogens with one attached hydrogen (secondary N) is 1. The molecule has 1 aromatic carbocycles. The van der Waals surface area contributed by atoms with Crippen LogP contribution in [0.25, 0.3) is 0 Å². The molecule has 0 aromatic heterocycles. The van der Waals surface area contributed by atoms with Gasteiger partial charge in [-0.2, -0.15) is 0 Å². The minimum absolute atomic E-state index is 0.522. The van der Waals surface area contributed by atoms with Gasteiger partial charge in [0.1, 0.15) is 17.2 Å². The predicted octanol–water partition coefficient (Wildman–Crippen LogP) is 2.04. The Morgan fingerprint density at radius 1 is 1.11 bits per heavy atom. The number of rotatable bonds is 6. The minimum Gasteiger partial charge on any atom is -0.496 e. The fourth-order valence-electron chi connectivity index (χ4n) is 2.49. The van der Waals surface area contributed by atoms with E-state index in [2.05, 4.69) is 5.32 Å². The van der Waals surface area contributed by atoms with Crippen LogP contribution >= 0.6 is 0 Å². The Kier molecular flexibility index (Phi) is 3.97. The van der Waals surface area contributed by atoms with Crippen LogP contribution in [0.5, 0.6) is 17.2 Å². The summed E-state index contributed by atoms with van der Waals surface area (Å²) < 4.78 is 16.2. The topological polar surface area (TPSA) is 39.7 Å². The lowest BCUT2D eigenvalue weighted by Crippen LogP contribution is -2.10. The molecule has 0 bridgehead atoms. The maximum absolute atomic E-state index is 5.48. The van der Waals surface area contributed by atoms with Crippen molar-refractivity contribution in [3.05, 3.63) is 17.7 Å². The Labute approximate surface area is 108 Å². The summed E-state index contributed by atoms with van der Waals surface area (Å²) in [6.07, 6.45) is 1.18. The first-order valence-corrected chi connectivity index (χ1v) is 6.19. The van der Waals surface area contributed by atoms with Crippen molar-refractivity contribution in [1.29, 1.82) is 0 Å². The van der Waals surface area contributed by atoms with Crippen LogP contribution in [0.2, 0.25) is 0 Å². The molecule has 1 aliphatic rings. The fourth-order valence-corrected chi connectivity index (χ4v) is 2.49. The zero-order chi connectivity index (χ0) is 13.1. The van der Waals surface area contributed by atoms with E-state index < -0.39 is 0 Å². The highest BCUT2D eigenvalue weighted by molar-refractivity contribution is 5.54. The van der Waals surface area contributed by atoms with Crippen molar-refractivity contribution in [2.75, 3.05) is 34.9 Å². The quantitative estimate of drug-likeness (QED) is 0.840. The van der Waals surface area contributed by atoms with E-state index >= 15 is 0 Å². The standard InChI is InChI=1S/C14H21NO3/c1-15-8-9-5-11(9)14-12(17-3)6-10(16-2)7-13(14)18-4/h6-7,9,11,15H,5,8H2,1-4H3/t9-,11-/m1/s1. The average Bonchev–Trinajstić information content (AvgIpc) is 3.16. The van der Waals surface area contributed by atoms with Crippen molar-refractivity contribution in [2.45, 2.75) is 12.3 Å². The molecule has 0 unspecified atom stereocenters. The van der Waals surface area contributed by atoms with Crippen molar-refractivity contribution < 1.29 is 14.2 Å². The molecule has 18 heavy (non-hydrogen) atoms. The van der Waals surface area contributed by atoms with Gasteiger partial charge in [0.2, 0.25) is 0 Å². The lowest BCUT2D eigenvalue weighted by molar-refractivity contribution is 0.368. The molecule has 0 radical (unpaired) electrons. The smallest absolute Gasteiger partial charge is 0.129 e. The molecular weight excluding hydrogens is 230 g/mol. The van der Waals surface area contributed by atoms with Gasteiger partial charge in [0.25, 0.3) is 0 Å². The first kappa shape index (κ1) is 13.0. The second kappa shape index (κ2) is 5.48. The van der Waals surface area contributed by atoms with Gasteiger partial charge in [-0.05, 0) is 31.8 Å². The molecule has 1 saturated carbocycles. The Bertz CT molecular complexity index is 394. The lowest BCUT2D eigenvalue weighted by Gasteiger charge is -2.15. The Balaban J connectivity index is 2.33. The van der Waals surface area contributed by atoms with E-state index in [1.165, 1.54) is 12.0 Å². The van der Waals surface area contributed by atoms with Crippen LogP contribution in [0, 0.1) is 5.92 Å². The predicted molar refractivity (Wildman–Crippen MR) is 70.9 cm³/mol. The zero-order valence-corrected chi connectivity index (χ0v) is 11.4. The summed E-state index contributed by atoms with van der Waals surface area (Å²) in [5, 5.41) is 3.22. The number of ether oxygens (including phenoxy) is 3. The molecule has 1 N–H and O–H groups in total. The van der Waals surface area contributed by atoms with E-state index in [0.29, 0.717) is 11.8 Å². The molecule has 0 amide bonds. The summed E-state index contributed by atoms with van der Waals surface area (Å²) in [6, 6.07) is 3.85. The average molecular weight is 251 g/mol. The molecule has 2 atom stereocenters. The van der Waals surface area contributed by atoms with Crippen LogP contribution in [-0.2, 0) is 0 Å². The fraction of sp³-hybridized carbons (Fsp3) is 0.571. The molecule has 0 spiro atoms. The summed E-state index contributed by atoms with van der Waals surface area (Å²) in [5.74, 6) is 3.67. The highest BCUT2D eigenvalue weighted by Crippen LogP contribution is 2.54. The molecule has 0 heterocycles. The van der Waals surface area contributed by atoms with Gasteiger partial charge in [0.15, 0.2) is 0 Å². The monoisotopic (exact) mass is 251 g/mol. The molecule has 4 heteroatoms. The third-order valence-electron chi connectivity index (χ3n) is 3.51. The minimum atomic E-state index is 0.522. The Morgan fingerprint density at radius 2 is 1.72 bits per heavy atom. The first-order valence-electron chi connectivity index (χ1n) is 6.19. The third kappa shape index (κ3) is 2.38. The van der Waals surface area contributed by atoms with Crippen LogP contribution in [0.3, 0.4) is 0 Å². The summed E-state index contributed by atoms with van der Waals surface area (Å²) in [6.45, 7) is 1.03. The maximum Gasteiger partial charge on any atom is 0.129 e. The number of hydrogen-bond donors (Lipinski definition) is 1. The van der Waals surface area contributed by atoms with Crippen LogP contribution in [0.4, 0.5) is 0 Å². The van der Waals surface area contributed by atoms with Gasteiger partial charge in [-0.25, -0.2) is 0 Å². The molecule has 4 nitrogen and oxygen atoms in total. The molecule has 1 fully saturated rings. The number of hydrogen-bond acceptors (Lipinski definition) is 4. The van der Waals surface area contributed by atoms with Crippen LogP contribution in [-0.4, -0.2) is 34.9 Å². The van der Waals surface area contributed by atoms with E-state index in [1.807, 2.05) is 19.2 Å². The lowest BCUT2D eigenvalue weighted by atomic mass is 10.1. The Hall–Kier alpha value is -1.42. The summed E-state index contributed by atoms with van der Waals surface area (Å²) in [7, 11) is 7.01. The summed E-state index contributed by atoms with van der Waals surface area (Å²) >= 11 is 0. The maximum atomic E-state index is 5.48. The molecule has 1 aromatic rings. The van der Waals surface area contributed by atoms with E-state index in [1.54, 1.807) is 21.3 Å². The van der Waals surface area contributed by atoms with Crippen molar-refractivity contribution in [3.8, 4) is 17.2 Å². The van der Waals surface area contributed by atoms with Crippen molar-refractivity contribution >= 4 is 0 Å². The van der Waals surface area contributed by atoms with E-state index in [0.717, 1.165) is 23.8 Å². The summed E-state index contributed by atoms with van der Waals surface area (Å²) in [4.78, 5) is 0. The Morgan fingerprint density at radius 3 is 2.17 bits per heavy atom. The first-order chi connectivity index (χ1) is 8.74. The molecule has 2 rings (SSSR count). The summed E-state index contributed by atoms with van der Waals surface area (Å²) in [5.41, 5.74) is 1.17. The van der Waals surface area contributed by atoms with E-state index in [9.17, 15) is 0 Å². The third-order valence-corrected chi connectivity index (χ3v) is 3.51. The largest absolute Gasteiger partial charge is 0.496 e. The van der Waals surface area contributed by atoms with Gasteiger partial charge in [-0.15, -0.1) is 0 Å². The number of benzene rings is 1. The molecule has 1 aliphatic carbocycles. The molecular formula is C14H21NO3. The van der Waals surface area contributed by atoms with Crippen LogP contribution < -0.4 is 19.5 Å². The highest BCUT2D eigenvalue weighted by Gasteiger charge is 2.41. The van der Waals surface area contributed by atoms with E-state index in [4.69, 9.17) is 14.2 Å². The van der Waals surface area contributed by atoms with Crippen molar-refractivity contribution in [1.82, 2.24) is 5.32 Å².